The van der Waals surface area contributed by atoms with E-state index in [9.17, 15) is 24.2 Å². The Morgan fingerprint density at radius 2 is 1.79 bits per heavy atom. The lowest BCUT2D eigenvalue weighted by atomic mass is 9.95. The molecule has 5 aromatic rings. The molecule has 0 spiro atoms. The molecule has 1 aliphatic rings. The zero-order chi connectivity index (χ0) is 33.1. The first-order valence-electron chi connectivity index (χ1n) is 14.4. The summed E-state index contributed by atoms with van der Waals surface area (Å²) < 4.78 is 25.8. The topological polar surface area (TPSA) is 122 Å². The first kappa shape index (κ1) is 31.8. The molecule has 1 aromatic heterocycles. The number of phenolic OH excluding ortho intramolecular Hbond substituents is 1. The van der Waals surface area contributed by atoms with Crippen molar-refractivity contribution in [3.63, 3.8) is 0 Å². The van der Waals surface area contributed by atoms with E-state index in [0.29, 0.717) is 33.4 Å². The van der Waals surface area contributed by atoms with Gasteiger partial charge in [0.1, 0.15) is 23.9 Å². The second kappa shape index (κ2) is 13.7. The van der Waals surface area contributed by atoms with Crippen LogP contribution in [-0.4, -0.2) is 39.2 Å². The molecule has 1 aliphatic heterocycles. The maximum atomic E-state index is 14.2. The molecule has 4 aromatic carbocycles. The summed E-state index contributed by atoms with van der Waals surface area (Å²) in [5, 5.41) is 30.3. The maximum absolute atomic E-state index is 14.2. The van der Waals surface area contributed by atoms with Crippen molar-refractivity contribution in [3.05, 3.63) is 130 Å². The highest BCUT2D eigenvalue weighted by Gasteiger charge is 2.48. The number of aromatic hydroxyl groups is 1. The Hall–Kier alpha value is -5.20. The smallest absolute Gasteiger partial charge is 0.301 e. The molecule has 0 aliphatic carbocycles. The van der Waals surface area contributed by atoms with Crippen molar-refractivity contribution < 1.29 is 33.7 Å². The second-order valence-corrected chi connectivity index (χ2v) is 12.8. The van der Waals surface area contributed by atoms with Crippen LogP contribution in [0.2, 0.25) is 0 Å². The third kappa shape index (κ3) is 6.69. The van der Waals surface area contributed by atoms with E-state index in [2.05, 4.69) is 10.2 Å². The molecule has 0 saturated carbocycles. The molecular formula is C35H28FN3O6S2. The van der Waals surface area contributed by atoms with Crippen LogP contribution in [0.15, 0.2) is 101 Å². The lowest BCUT2D eigenvalue weighted by Crippen LogP contribution is -2.29. The fourth-order valence-electron chi connectivity index (χ4n) is 5.16. The summed E-state index contributed by atoms with van der Waals surface area (Å²) in [4.78, 5) is 28.4. The minimum atomic E-state index is -1.13. The minimum absolute atomic E-state index is 0.110. The summed E-state index contributed by atoms with van der Waals surface area (Å²) in [7, 11) is 1.38. The molecule has 1 fully saturated rings. The molecule has 47 heavy (non-hydrogen) atoms. The van der Waals surface area contributed by atoms with Crippen molar-refractivity contribution in [2.75, 3.05) is 12.0 Å². The first-order valence-corrected chi connectivity index (χ1v) is 16.2. The van der Waals surface area contributed by atoms with Crippen LogP contribution in [0, 0.1) is 12.7 Å². The van der Waals surface area contributed by atoms with E-state index in [-0.39, 0.29) is 33.8 Å². The predicted molar refractivity (Wildman–Crippen MR) is 177 cm³/mol. The molecule has 6 rings (SSSR count). The van der Waals surface area contributed by atoms with Gasteiger partial charge in [0.25, 0.3) is 5.78 Å². The predicted octanol–water partition coefficient (Wildman–Crippen LogP) is 7.20. The number of halogens is 1. The molecule has 2 N–H and O–H groups in total. The molecule has 0 bridgehead atoms. The van der Waals surface area contributed by atoms with Crippen molar-refractivity contribution in [1.29, 1.82) is 0 Å². The molecule has 0 radical (unpaired) electrons. The fraction of sp³-hybridized carbons (Fsp3) is 0.143. The molecule has 1 saturated heterocycles. The SMILES string of the molecule is COc1cc(C2C(=C(O)c3ccc(OCc4cccc(C)c4)cc3)C(=O)C(=O)N2c2nnc(SCc3ccccc3F)s2)ccc1O. The minimum Gasteiger partial charge on any atom is -0.507 e. The van der Waals surface area contributed by atoms with Gasteiger partial charge in [0, 0.05) is 11.3 Å². The van der Waals surface area contributed by atoms with Gasteiger partial charge in [-0.25, -0.2) is 4.39 Å². The van der Waals surface area contributed by atoms with E-state index in [0.717, 1.165) is 22.5 Å². The average molecular weight is 670 g/mol. The van der Waals surface area contributed by atoms with Crippen LogP contribution in [0.3, 0.4) is 0 Å². The number of ether oxygens (including phenoxy) is 2. The molecule has 2 heterocycles. The highest BCUT2D eigenvalue weighted by atomic mass is 32.2. The van der Waals surface area contributed by atoms with Crippen LogP contribution in [0.4, 0.5) is 9.52 Å². The van der Waals surface area contributed by atoms with Gasteiger partial charge in [0.15, 0.2) is 15.8 Å². The number of hydrogen-bond acceptors (Lipinski definition) is 10. The lowest BCUT2D eigenvalue weighted by Gasteiger charge is -2.23. The van der Waals surface area contributed by atoms with Gasteiger partial charge in [-0.15, -0.1) is 10.2 Å². The fourth-order valence-corrected chi connectivity index (χ4v) is 7.01. The summed E-state index contributed by atoms with van der Waals surface area (Å²) in [5.74, 6) is -1.77. The normalized spacial score (nSPS) is 15.6. The number of thioether (sulfide) groups is 1. The summed E-state index contributed by atoms with van der Waals surface area (Å²) in [6.07, 6.45) is 0. The van der Waals surface area contributed by atoms with E-state index >= 15 is 0 Å². The quantitative estimate of drug-likeness (QED) is 0.0523. The Morgan fingerprint density at radius 3 is 2.53 bits per heavy atom. The van der Waals surface area contributed by atoms with Crippen LogP contribution in [0.25, 0.3) is 5.76 Å². The molecule has 238 valence electrons. The molecule has 12 heteroatoms. The highest BCUT2D eigenvalue weighted by molar-refractivity contribution is 8.00. The third-order valence-corrected chi connectivity index (χ3v) is 9.60. The number of methoxy groups -OCH3 is 1. The van der Waals surface area contributed by atoms with Gasteiger partial charge >= 0.3 is 5.91 Å². The zero-order valence-corrected chi connectivity index (χ0v) is 26.8. The Balaban J connectivity index is 1.33. The lowest BCUT2D eigenvalue weighted by molar-refractivity contribution is -0.132. The van der Waals surface area contributed by atoms with Gasteiger partial charge in [-0.1, -0.05) is 77.2 Å². The van der Waals surface area contributed by atoms with Crippen molar-refractivity contribution in [2.24, 2.45) is 0 Å². The summed E-state index contributed by atoms with van der Waals surface area (Å²) >= 11 is 2.30. The number of anilines is 1. The number of rotatable bonds is 10. The largest absolute Gasteiger partial charge is 0.507 e. The van der Waals surface area contributed by atoms with Crippen molar-refractivity contribution in [1.82, 2.24) is 10.2 Å². The van der Waals surface area contributed by atoms with Crippen LogP contribution in [0.1, 0.15) is 33.9 Å². The number of benzene rings is 4. The Labute approximate surface area is 277 Å². The number of amides is 1. The number of aliphatic hydroxyl groups excluding tert-OH is 1. The standard InChI is InChI=1S/C35H28FN3O6S2/c1-20-6-5-7-21(16-20)18-45-25-13-10-22(11-14-25)31(41)29-30(23-12-15-27(40)28(17-23)44-2)39(33(43)32(29)42)34-37-38-35(47-34)46-19-24-8-3-4-9-26(24)36/h3-17,30,40-41H,18-19H2,1-2H3. The molecular weight excluding hydrogens is 642 g/mol. The summed E-state index contributed by atoms with van der Waals surface area (Å²) in [6, 6.07) is 24.2. The number of ketones is 1. The number of aryl methyl sites for hydroxylation is 1. The zero-order valence-electron chi connectivity index (χ0n) is 25.2. The number of phenols is 1. The Kier molecular flexibility index (Phi) is 9.23. The average Bonchev–Trinajstić information content (AvgIpc) is 3.65. The van der Waals surface area contributed by atoms with Gasteiger partial charge in [0.2, 0.25) is 5.13 Å². The first-order chi connectivity index (χ1) is 22.7. The van der Waals surface area contributed by atoms with Gasteiger partial charge in [-0.2, -0.15) is 0 Å². The van der Waals surface area contributed by atoms with Crippen molar-refractivity contribution in [3.8, 4) is 17.2 Å². The summed E-state index contributed by atoms with van der Waals surface area (Å²) in [6.45, 7) is 2.35. The van der Waals surface area contributed by atoms with E-state index in [4.69, 9.17) is 9.47 Å². The van der Waals surface area contributed by atoms with Gasteiger partial charge in [-0.3, -0.25) is 14.5 Å². The number of nitrogens with zero attached hydrogens (tertiary/aromatic N) is 3. The van der Waals surface area contributed by atoms with E-state index in [1.807, 2.05) is 31.2 Å². The van der Waals surface area contributed by atoms with Gasteiger partial charge in [0.05, 0.1) is 18.7 Å². The molecule has 1 amide bonds. The monoisotopic (exact) mass is 669 g/mol. The number of hydrogen-bond donors (Lipinski definition) is 2. The number of carbonyl (C=O) groups is 2. The molecule has 1 atom stereocenters. The molecule has 9 nitrogen and oxygen atoms in total. The number of aromatic nitrogens is 2. The van der Waals surface area contributed by atoms with E-state index in [1.54, 1.807) is 42.5 Å². The van der Waals surface area contributed by atoms with Gasteiger partial charge in [-0.05, 0) is 66.1 Å². The third-order valence-electron chi connectivity index (χ3n) is 7.49. The van der Waals surface area contributed by atoms with Crippen LogP contribution in [0.5, 0.6) is 17.2 Å². The Bertz CT molecular complexity index is 2000. The van der Waals surface area contributed by atoms with Crippen LogP contribution in [-0.2, 0) is 21.9 Å². The molecule has 1 unspecified atom stereocenters. The maximum Gasteiger partial charge on any atom is 0.301 e. The van der Waals surface area contributed by atoms with E-state index in [1.165, 1.54) is 48.0 Å². The van der Waals surface area contributed by atoms with E-state index < -0.39 is 23.5 Å². The van der Waals surface area contributed by atoms with Crippen molar-refractivity contribution in [2.45, 2.75) is 29.7 Å². The number of aliphatic hydroxyl groups is 1. The van der Waals surface area contributed by atoms with Gasteiger partial charge < -0.3 is 19.7 Å². The number of carbonyl (C=O) groups excluding carboxylic acids is 2. The van der Waals surface area contributed by atoms with Crippen LogP contribution < -0.4 is 14.4 Å². The highest BCUT2D eigenvalue weighted by Crippen LogP contribution is 2.45. The Morgan fingerprint density at radius 1 is 1.00 bits per heavy atom. The summed E-state index contributed by atoms with van der Waals surface area (Å²) in [5.41, 5.74) is 3.11. The number of Topliss-reactive ketones (excluding diaryl/α,β-unsaturated/α-hetero) is 1. The van der Waals surface area contributed by atoms with Crippen LogP contribution >= 0.6 is 23.1 Å². The second-order valence-electron chi connectivity index (χ2n) is 10.6. The van der Waals surface area contributed by atoms with Crippen molar-refractivity contribution >= 4 is 45.7 Å².